The molecule has 0 aliphatic heterocycles. The highest BCUT2D eigenvalue weighted by Crippen LogP contribution is 2.34. The molecule has 0 aliphatic rings. The van der Waals surface area contributed by atoms with E-state index in [1.54, 1.807) is 18.3 Å². The van der Waals surface area contributed by atoms with Crippen molar-refractivity contribution in [2.24, 2.45) is 0 Å². The molecule has 0 radical (unpaired) electrons. The molecule has 5 aromatic heterocycles. The first-order chi connectivity index (χ1) is 15.3. The number of carboxylic acid groups (broad SMARTS) is 1. The van der Waals surface area contributed by atoms with Gasteiger partial charge in [0, 0.05) is 28.8 Å². The molecular weight excluding hydrogens is 439 g/mol. The molecule has 3 N–H and O–H groups in total. The number of aromatic nitrogens is 6. The van der Waals surface area contributed by atoms with E-state index in [1.807, 2.05) is 0 Å². The van der Waals surface area contributed by atoms with Crippen molar-refractivity contribution in [3.05, 3.63) is 74.9 Å². The fraction of sp³-hybridized carbons (Fsp3) is 0.0952. The van der Waals surface area contributed by atoms with Crippen molar-refractivity contribution in [1.29, 1.82) is 0 Å². The summed E-state index contributed by atoms with van der Waals surface area (Å²) in [7, 11) is 0. The van der Waals surface area contributed by atoms with Crippen molar-refractivity contribution in [3.63, 3.8) is 0 Å². The summed E-state index contributed by atoms with van der Waals surface area (Å²) in [5.74, 6) is -1.90. The van der Waals surface area contributed by atoms with Crippen molar-refractivity contribution >= 4 is 39.6 Å². The number of hydrogen-bond acceptors (Lipinski definition) is 5. The largest absolute Gasteiger partial charge is 0.477 e. The van der Waals surface area contributed by atoms with E-state index in [4.69, 9.17) is 11.6 Å². The third-order valence-electron chi connectivity index (χ3n) is 5.24. The first-order valence-electron chi connectivity index (χ1n) is 9.44. The Morgan fingerprint density at radius 3 is 2.88 bits per heavy atom. The minimum absolute atomic E-state index is 0.0417. The molecule has 9 nitrogen and oxygen atoms in total. The molecule has 0 spiro atoms. The number of H-pyrrole nitrogens is 2. The second-order valence-electron chi connectivity index (χ2n) is 7.20. The highest BCUT2D eigenvalue weighted by Gasteiger charge is 2.27. The number of halogens is 2. The van der Waals surface area contributed by atoms with Gasteiger partial charge in [-0.3, -0.25) is 9.89 Å². The topological polar surface area (TPSA) is 130 Å². The number of carbonyl (C=O) groups is 1. The maximum absolute atomic E-state index is 14.5. The van der Waals surface area contributed by atoms with Gasteiger partial charge in [-0.25, -0.2) is 19.2 Å². The SMILES string of the molecule is Cc1nc2c(-c3ccc[nH]c3=O)c(C(=O)O)n(Cc3cc4cn[nH]c4nc3Cl)c2cc1F. The number of aromatic amines is 2. The van der Waals surface area contributed by atoms with Gasteiger partial charge in [-0.1, -0.05) is 11.6 Å². The molecule has 0 unspecified atom stereocenters. The van der Waals surface area contributed by atoms with Crippen molar-refractivity contribution in [3.8, 4) is 11.1 Å². The van der Waals surface area contributed by atoms with Crippen LogP contribution in [0.5, 0.6) is 0 Å². The highest BCUT2D eigenvalue weighted by atomic mass is 35.5. The molecule has 0 saturated carbocycles. The molecular formula is C21H14ClFN6O3. The van der Waals surface area contributed by atoms with Crippen molar-refractivity contribution in [2.45, 2.75) is 13.5 Å². The van der Waals surface area contributed by atoms with Gasteiger partial charge in [-0.05, 0) is 25.1 Å². The van der Waals surface area contributed by atoms with Crippen LogP contribution in [0.3, 0.4) is 0 Å². The van der Waals surface area contributed by atoms with E-state index >= 15 is 0 Å². The van der Waals surface area contributed by atoms with Gasteiger partial charge in [-0.15, -0.1) is 0 Å². The van der Waals surface area contributed by atoms with E-state index in [2.05, 4.69) is 25.1 Å². The number of rotatable bonds is 4. The lowest BCUT2D eigenvalue weighted by Gasteiger charge is -2.10. The number of aryl methyl sites for hydroxylation is 1. The smallest absolute Gasteiger partial charge is 0.353 e. The van der Waals surface area contributed by atoms with Crippen molar-refractivity contribution in [1.82, 2.24) is 29.7 Å². The normalized spacial score (nSPS) is 11.5. The molecule has 0 atom stereocenters. The van der Waals surface area contributed by atoms with E-state index in [-0.39, 0.29) is 45.2 Å². The fourth-order valence-corrected chi connectivity index (χ4v) is 3.97. The van der Waals surface area contributed by atoms with Crippen LogP contribution in [0.15, 0.2) is 41.5 Å². The molecule has 5 aromatic rings. The summed E-state index contributed by atoms with van der Waals surface area (Å²) in [5, 5.41) is 17.6. The van der Waals surface area contributed by atoms with E-state index in [0.29, 0.717) is 16.6 Å². The first-order valence-corrected chi connectivity index (χ1v) is 9.82. The van der Waals surface area contributed by atoms with Crippen molar-refractivity contribution < 1.29 is 14.3 Å². The predicted octanol–water partition coefficient (Wildman–Crippen LogP) is 3.51. The molecule has 5 rings (SSSR count). The Morgan fingerprint density at radius 1 is 1.31 bits per heavy atom. The van der Waals surface area contributed by atoms with Gasteiger partial charge in [0.25, 0.3) is 5.56 Å². The predicted molar refractivity (Wildman–Crippen MR) is 115 cm³/mol. The maximum Gasteiger partial charge on any atom is 0.353 e. The Bertz CT molecular complexity index is 1600. The van der Waals surface area contributed by atoms with Gasteiger partial charge in [0.15, 0.2) is 5.65 Å². The van der Waals surface area contributed by atoms with Crippen LogP contribution in [-0.2, 0) is 6.54 Å². The quantitative estimate of drug-likeness (QED) is 0.358. The summed E-state index contributed by atoms with van der Waals surface area (Å²) >= 11 is 6.33. The monoisotopic (exact) mass is 452 g/mol. The summed E-state index contributed by atoms with van der Waals surface area (Å²) in [5.41, 5.74) is 0.990. The van der Waals surface area contributed by atoms with Gasteiger partial charge in [0.1, 0.15) is 16.7 Å². The van der Waals surface area contributed by atoms with Gasteiger partial charge < -0.3 is 14.7 Å². The second kappa shape index (κ2) is 7.27. The standard InChI is InChI=1S/C21H14ClFN6O3/c1-9-13(23)6-14-16(26-9)15(12-3-2-4-24-20(12)30)17(21(31)32)29(14)8-11-5-10-7-25-28-19(10)27-18(11)22/h2-7H,8H2,1H3,(H,24,30)(H,31,32)(H,25,27,28). The molecule has 0 fully saturated rings. The Labute approximate surface area is 183 Å². The molecule has 0 amide bonds. The molecule has 0 saturated heterocycles. The minimum Gasteiger partial charge on any atom is -0.477 e. The van der Waals surface area contributed by atoms with Crippen LogP contribution in [0.2, 0.25) is 5.15 Å². The lowest BCUT2D eigenvalue weighted by molar-refractivity contribution is 0.0687. The third-order valence-corrected chi connectivity index (χ3v) is 5.56. The van der Waals surface area contributed by atoms with Gasteiger partial charge in [0.2, 0.25) is 0 Å². The number of hydrogen-bond donors (Lipinski definition) is 3. The molecule has 0 bridgehead atoms. The summed E-state index contributed by atoms with van der Waals surface area (Å²) < 4.78 is 15.9. The molecule has 160 valence electrons. The summed E-state index contributed by atoms with van der Waals surface area (Å²) in [6.07, 6.45) is 3.00. The summed E-state index contributed by atoms with van der Waals surface area (Å²) in [6, 6.07) is 6.01. The van der Waals surface area contributed by atoms with Crippen LogP contribution in [-0.4, -0.2) is 40.8 Å². The van der Waals surface area contributed by atoms with Gasteiger partial charge >= 0.3 is 5.97 Å². The van der Waals surface area contributed by atoms with E-state index in [9.17, 15) is 19.1 Å². The Hall–Kier alpha value is -4.05. The summed E-state index contributed by atoms with van der Waals surface area (Å²) in [6.45, 7) is 1.43. The fourth-order valence-electron chi connectivity index (χ4n) is 3.77. The van der Waals surface area contributed by atoms with Crippen LogP contribution in [0.25, 0.3) is 33.2 Å². The van der Waals surface area contributed by atoms with E-state index < -0.39 is 17.3 Å². The van der Waals surface area contributed by atoms with Gasteiger partial charge in [0.05, 0.1) is 35.0 Å². The van der Waals surface area contributed by atoms with Gasteiger partial charge in [-0.2, -0.15) is 5.10 Å². The highest BCUT2D eigenvalue weighted by molar-refractivity contribution is 6.30. The van der Waals surface area contributed by atoms with Crippen LogP contribution in [0.1, 0.15) is 21.7 Å². The van der Waals surface area contributed by atoms with E-state index in [1.165, 1.54) is 29.8 Å². The zero-order chi connectivity index (χ0) is 22.6. The number of carboxylic acids is 1. The Kier molecular flexibility index (Phi) is 4.52. The first kappa shape index (κ1) is 19.9. The number of aromatic carboxylic acids is 1. The second-order valence-corrected chi connectivity index (χ2v) is 7.56. The number of fused-ring (bicyclic) bond motifs is 2. The van der Waals surface area contributed by atoms with E-state index in [0.717, 1.165) is 0 Å². The Balaban J connectivity index is 1.85. The number of nitrogens with zero attached hydrogens (tertiary/aromatic N) is 4. The lowest BCUT2D eigenvalue weighted by Crippen LogP contribution is -2.14. The van der Waals surface area contributed by atoms with Crippen LogP contribution in [0, 0.1) is 12.7 Å². The molecule has 5 heterocycles. The lowest BCUT2D eigenvalue weighted by atomic mass is 10.1. The molecule has 11 heteroatoms. The molecule has 0 aromatic carbocycles. The third kappa shape index (κ3) is 3.04. The zero-order valence-corrected chi connectivity index (χ0v) is 17.2. The zero-order valence-electron chi connectivity index (χ0n) is 16.5. The van der Waals surface area contributed by atoms with Crippen LogP contribution >= 0.6 is 11.6 Å². The number of pyridine rings is 3. The van der Waals surface area contributed by atoms with Crippen LogP contribution in [0.4, 0.5) is 4.39 Å². The Morgan fingerprint density at radius 2 is 2.12 bits per heavy atom. The molecule has 32 heavy (non-hydrogen) atoms. The van der Waals surface area contributed by atoms with Crippen LogP contribution < -0.4 is 5.56 Å². The van der Waals surface area contributed by atoms with Crippen molar-refractivity contribution in [2.75, 3.05) is 0 Å². The summed E-state index contributed by atoms with van der Waals surface area (Å²) in [4.78, 5) is 36.0. The minimum atomic E-state index is -1.30. The number of nitrogens with one attached hydrogen (secondary N) is 2. The maximum atomic E-state index is 14.5. The average molecular weight is 453 g/mol. The molecule has 0 aliphatic carbocycles. The average Bonchev–Trinajstić information content (AvgIpc) is 3.31.